The lowest BCUT2D eigenvalue weighted by Gasteiger charge is -2.09. The lowest BCUT2D eigenvalue weighted by atomic mass is 10.1. The van der Waals surface area contributed by atoms with E-state index in [4.69, 9.17) is 16.3 Å². The first-order valence-corrected chi connectivity index (χ1v) is 7.79. The van der Waals surface area contributed by atoms with Crippen LogP contribution in [0.3, 0.4) is 0 Å². The SMILES string of the molecule is C=C(C)Cc1c(C)nn(C(=O)COc2ccc(Cl)cc2C)c1C. The molecule has 0 N–H and O–H groups in total. The number of nitrogens with zero attached hydrogens (tertiary/aromatic N) is 2. The average molecular weight is 333 g/mol. The van der Waals surface area contributed by atoms with Gasteiger partial charge in [-0.1, -0.05) is 23.8 Å². The number of halogens is 1. The summed E-state index contributed by atoms with van der Waals surface area (Å²) in [6, 6.07) is 5.30. The molecule has 0 aliphatic heterocycles. The van der Waals surface area contributed by atoms with Gasteiger partial charge in [0.1, 0.15) is 5.75 Å². The maximum atomic E-state index is 12.4. The van der Waals surface area contributed by atoms with Gasteiger partial charge < -0.3 is 4.74 Å². The fourth-order valence-electron chi connectivity index (χ4n) is 2.45. The molecule has 122 valence electrons. The maximum Gasteiger partial charge on any atom is 0.284 e. The number of allylic oxidation sites excluding steroid dienone is 1. The molecule has 0 radical (unpaired) electrons. The van der Waals surface area contributed by atoms with Crippen molar-refractivity contribution < 1.29 is 9.53 Å². The van der Waals surface area contributed by atoms with Gasteiger partial charge in [-0.3, -0.25) is 4.79 Å². The number of hydrogen-bond donors (Lipinski definition) is 0. The Morgan fingerprint density at radius 3 is 2.65 bits per heavy atom. The van der Waals surface area contributed by atoms with Crippen LogP contribution in [0.25, 0.3) is 0 Å². The molecule has 2 aromatic rings. The lowest BCUT2D eigenvalue weighted by molar-refractivity contribution is 0.0817. The number of aromatic nitrogens is 2. The van der Waals surface area contributed by atoms with Crippen molar-refractivity contribution >= 4 is 17.5 Å². The topological polar surface area (TPSA) is 44.1 Å². The summed E-state index contributed by atoms with van der Waals surface area (Å²) in [5, 5.41) is 4.98. The Kier molecular flexibility index (Phi) is 5.26. The molecular weight excluding hydrogens is 312 g/mol. The van der Waals surface area contributed by atoms with E-state index in [0.717, 1.165) is 34.5 Å². The average Bonchev–Trinajstić information content (AvgIpc) is 2.74. The van der Waals surface area contributed by atoms with Crippen molar-refractivity contribution in [1.82, 2.24) is 9.78 Å². The third-order valence-corrected chi connectivity index (χ3v) is 3.88. The van der Waals surface area contributed by atoms with Crippen molar-refractivity contribution in [1.29, 1.82) is 0 Å². The predicted octanol–water partition coefficient (Wildman–Crippen LogP) is 4.30. The molecule has 1 aromatic carbocycles. The van der Waals surface area contributed by atoms with E-state index >= 15 is 0 Å². The molecular formula is C18H21ClN2O2. The smallest absolute Gasteiger partial charge is 0.284 e. The second kappa shape index (κ2) is 7.01. The number of aryl methyl sites for hydroxylation is 2. The van der Waals surface area contributed by atoms with Crippen LogP contribution < -0.4 is 4.74 Å². The number of rotatable bonds is 5. The zero-order valence-electron chi connectivity index (χ0n) is 13.9. The first-order valence-electron chi connectivity index (χ1n) is 7.41. The van der Waals surface area contributed by atoms with E-state index < -0.39 is 0 Å². The van der Waals surface area contributed by atoms with E-state index in [1.165, 1.54) is 4.68 Å². The summed E-state index contributed by atoms with van der Waals surface area (Å²) in [6.07, 6.45) is 0.724. The highest BCUT2D eigenvalue weighted by Crippen LogP contribution is 2.22. The first-order chi connectivity index (χ1) is 10.8. The molecule has 0 saturated carbocycles. The van der Waals surface area contributed by atoms with Gasteiger partial charge in [-0.2, -0.15) is 5.10 Å². The summed E-state index contributed by atoms with van der Waals surface area (Å²) in [5.41, 5.74) is 4.67. The highest BCUT2D eigenvalue weighted by atomic mass is 35.5. The van der Waals surface area contributed by atoms with Gasteiger partial charge in [0.05, 0.1) is 5.69 Å². The molecule has 23 heavy (non-hydrogen) atoms. The van der Waals surface area contributed by atoms with Crippen molar-refractivity contribution in [2.75, 3.05) is 6.61 Å². The zero-order valence-corrected chi connectivity index (χ0v) is 14.7. The number of benzene rings is 1. The number of carbonyl (C=O) groups is 1. The molecule has 5 heteroatoms. The van der Waals surface area contributed by atoms with Gasteiger partial charge in [0, 0.05) is 16.3 Å². The zero-order chi connectivity index (χ0) is 17.1. The Morgan fingerprint density at radius 2 is 2.04 bits per heavy atom. The van der Waals surface area contributed by atoms with Crippen LogP contribution in [0.1, 0.15) is 34.2 Å². The van der Waals surface area contributed by atoms with Crippen LogP contribution in [0, 0.1) is 20.8 Å². The molecule has 0 atom stereocenters. The fraction of sp³-hybridized carbons (Fsp3) is 0.333. The largest absolute Gasteiger partial charge is 0.483 e. The van der Waals surface area contributed by atoms with Gasteiger partial charge in [-0.25, -0.2) is 4.68 Å². The quantitative estimate of drug-likeness (QED) is 0.767. The standard InChI is InChI=1S/C18H21ClN2O2/c1-11(2)8-16-13(4)20-21(14(16)5)18(22)10-23-17-7-6-15(19)9-12(17)3/h6-7,9H,1,8,10H2,2-5H3. The second-order valence-corrected chi connectivity index (χ2v) is 6.22. The molecule has 1 heterocycles. The second-order valence-electron chi connectivity index (χ2n) is 5.79. The van der Waals surface area contributed by atoms with Crippen LogP contribution in [-0.4, -0.2) is 22.3 Å². The normalized spacial score (nSPS) is 10.7. The Balaban J connectivity index is 2.13. The van der Waals surface area contributed by atoms with Crippen LogP contribution in [0.4, 0.5) is 0 Å². The monoisotopic (exact) mass is 332 g/mol. The van der Waals surface area contributed by atoms with Crippen molar-refractivity contribution in [3.63, 3.8) is 0 Å². The molecule has 0 unspecified atom stereocenters. The minimum Gasteiger partial charge on any atom is -0.483 e. The van der Waals surface area contributed by atoms with Crippen LogP contribution in [0.5, 0.6) is 5.75 Å². The molecule has 4 nitrogen and oxygen atoms in total. The third kappa shape index (κ3) is 4.02. The van der Waals surface area contributed by atoms with E-state index in [9.17, 15) is 4.79 Å². The van der Waals surface area contributed by atoms with Crippen LogP contribution in [-0.2, 0) is 6.42 Å². The van der Waals surface area contributed by atoms with Crippen LogP contribution in [0.2, 0.25) is 5.02 Å². The summed E-state index contributed by atoms with van der Waals surface area (Å²) >= 11 is 5.91. The summed E-state index contributed by atoms with van der Waals surface area (Å²) in [5.74, 6) is 0.444. The predicted molar refractivity (Wildman–Crippen MR) is 92.5 cm³/mol. The summed E-state index contributed by atoms with van der Waals surface area (Å²) in [4.78, 5) is 12.4. The van der Waals surface area contributed by atoms with Crippen molar-refractivity contribution in [3.05, 3.63) is 57.9 Å². The molecule has 0 bridgehead atoms. The Labute approximate surface area is 141 Å². The lowest BCUT2D eigenvalue weighted by Crippen LogP contribution is -2.22. The van der Waals surface area contributed by atoms with E-state index in [0.29, 0.717) is 10.8 Å². The Morgan fingerprint density at radius 1 is 1.35 bits per heavy atom. The van der Waals surface area contributed by atoms with E-state index in [2.05, 4.69) is 11.7 Å². The van der Waals surface area contributed by atoms with Crippen LogP contribution in [0.15, 0.2) is 30.4 Å². The molecule has 0 aliphatic carbocycles. The van der Waals surface area contributed by atoms with Gasteiger partial charge in [-0.15, -0.1) is 0 Å². The van der Waals surface area contributed by atoms with Gasteiger partial charge >= 0.3 is 0 Å². The number of carbonyl (C=O) groups excluding carboxylic acids is 1. The maximum absolute atomic E-state index is 12.4. The van der Waals surface area contributed by atoms with Crippen molar-refractivity contribution in [2.24, 2.45) is 0 Å². The van der Waals surface area contributed by atoms with E-state index in [1.54, 1.807) is 18.2 Å². The van der Waals surface area contributed by atoms with Gasteiger partial charge in [0.15, 0.2) is 6.61 Å². The van der Waals surface area contributed by atoms with Crippen molar-refractivity contribution in [2.45, 2.75) is 34.1 Å². The number of hydrogen-bond acceptors (Lipinski definition) is 3. The van der Waals surface area contributed by atoms with E-state index in [1.807, 2.05) is 27.7 Å². The van der Waals surface area contributed by atoms with Gasteiger partial charge in [0.2, 0.25) is 0 Å². The highest BCUT2D eigenvalue weighted by Gasteiger charge is 2.17. The number of ether oxygens (including phenoxy) is 1. The third-order valence-electron chi connectivity index (χ3n) is 3.64. The summed E-state index contributed by atoms with van der Waals surface area (Å²) in [6.45, 7) is 11.5. The summed E-state index contributed by atoms with van der Waals surface area (Å²) in [7, 11) is 0. The van der Waals surface area contributed by atoms with Crippen LogP contribution >= 0.6 is 11.6 Å². The molecule has 1 aromatic heterocycles. The van der Waals surface area contributed by atoms with E-state index in [-0.39, 0.29) is 12.5 Å². The molecule has 0 aliphatic rings. The molecule has 2 rings (SSSR count). The van der Waals surface area contributed by atoms with Gasteiger partial charge in [0.25, 0.3) is 5.91 Å². The fourth-order valence-corrected chi connectivity index (χ4v) is 2.68. The molecule has 0 saturated heterocycles. The van der Waals surface area contributed by atoms with Crippen molar-refractivity contribution in [3.8, 4) is 5.75 Å². The minimum atomic E-state index is -0.201. The minimum absolute atomic E-state index is 0.0725. The molecule has 0 spiro atoms. The first kappa shape index (κ1) is 17.3. The molecule has 0 fully saturated rings. The summed E-state index contributed by atoms with van der Waals surface area (Å²) < 4.78 is 7.02. The Bertz CT molecular complexity index is 763. The Hall–Kier alpha value is -2.07. The molecule has 0 amide bonds. The highest BCUT2D eigenvalue weighted by molar-refractivity contribution is 6.30. The van der Waals surface area contributed by atoms with Gasteiger partial charge in [-0.05, 0) is 57.9 Å².